The smallest absolute Gasteiger partial charge is 0.274 e. The summed E-state index contributed by atoms with van der Waals surface area (Å²) in [6.45, 7) is 5.17. The molecule has 4 rings (SSSR count). The summed E-state index contributed by atoms with van der Waals surface area (Å²) in [7, 11) is 0. The van der Waals surface area contributed by atoms with E-state index in [1.54, 1.807) is 0 Å². The number of hydrogen-bond acceptors (Lipinski definition) is 5. The molecule has 2 N–H and O–H groups in total. The van der Waals surface area contributed by atoms with Gasteiger partial charge in [0.25, 0.3) is 5.91 Å². The average Bonchev–Trinajstić information content (AvgIpc) is 3.34. The molecule has 3 aliphatic rings. The maximum absolute atomic E-state index is 12.7. The molecule has 1 saturated carbocycles. The Morgan fingerprint density at radius 2 is 1.96 bits per heavy atom. The third-order valence-corrected chi connectivity index (χ3v) is 5.44. The van der Waals surface area contributed by atoms with E-state index in [9.17, 15) is 9.59 Å². The second kappa shape index (κ2) is 9.03. The van der Waals surface area contributed by atoms with Gasteiger partial charge in [0.2, 0.25) is 5.91 Å². The van der Waals surface area contributed by atoms with E-state index in [-0.39, 0.29) is 24.2 Å². The predicted molar refractivity (Wildman–Crippen MR) is 104 cm³/mol. The molecule has 0 spiro atoms. The average molecular weight is 397 g/mol. The molecule has 2 amide bonds. The van der Waals surface area contributed by atoms with E-state index < -0.39 is 0 Å². The van der Waals surface area contributed by atoms with Crippen molar-refractivity contribution in [2.24, 2.45) is 0 Å². The highest BCUT2D eigenvalue weighted by Gasteiger charge is 2.27. The minimum atomic E-state index is -0.00500. The van der Waals surface area contributed by atoms with Crippen LogP contribution in [0.2, 0.25) is 0 Å². The van der Waals surface area contributed by atoms with Crippen molar-refractivity contribution < 1.29 is 9.59 Å². The van der Waals surface area contributed by atoms with Gasteiger partial charge in [-0.3, -0.25) is 19.2 Å². The van der Waals surface area contributed by atoms with E-state index >= 15 is 0 Å². The first kappa shape index (κ1) is 20.1. The molecule has 3 fully saturated rings. The lowest BCUT2D eigenvalue weighted by Crippen LogP contribution is -2.51. The molecular formula is C18H29ClN6O2. The van der Waals surface area contributed by atoms with Gasteiger partial charge >= 0.3 is 0 Å². The van der Waals surface area contributed by atoms with Crippen molar-refractivity contribution in [2.75, 3.05) is 45.8 Å². The SMILES string of the molecule is Cl.O=C(CN1CCN(C(=O)c2ccn(C3CCCNC3)n2)CC1)NC1CC1. The van der Waals surface area contributed by atoms with Crippen LogP contribution in [0.3, 0.4) is 0 Å². The Labute approximate surface area is 166 Å². The number of hydrogen-bond donors (Lipinski definition) is 2. The zero-order valence-corrected chi connectivity index (χ0v) is 16.4. The molecule has 1 unspecified atom stereocenters. The second-order valence-electron chi connectivity index (χ2n) is 7.59. The summed E-state index contributed by atoms with van der Waals surface area (Å²) in [5.74, 6) is 0.0988. The van der Waals surface area contributed by atoms with Gasteiger partial charge in [0.1, 0.15) is 5.69 Å². The van der Waals surface area contributed by atoms with Crippen molar-refractivity contribution in [3.63, 3.8) is 0 Å². The highest BCUT2D eigenvalue weighted by molar-refractivity contribution is 5.92. The number of piperidine rings is 1. The number of amides is 2. The number of carbonyl (C=O) groups is 2. The fraction of sp³-hybridized carbons (Fsp3) is 0.722. The lowest BCUT2D eigenvalue weighted by molar-refractivity contribution is -0.122. The van der Waals surface area contributed by atoms with Crippen LogP contribution in [0.4, 0.5) is 0 Å². The van der Waals surface area contributed by atoms with E-state index in [4.69, 9.17) is 0 Å². The highest BCUT2D eigenvalue weighted by Crippen LogP contribution is 2.19. The summed E-state index contributed by atoms with van der Waals surface area (Å²) in [4.78, 5) is 28.6. The topological polar surface area (TPSA) is 82.5 Å². The molecule has 27 heavy (non-hydrogen) atoms. The van der Waals surface area contributed by atoms with Crippen LogP contribution in [0.5, 0.6) is 0 Å². The van der Waals surface area contributed by atoms with Crippen LogP contribution in [0, 0.1) is 0 Å². The molecule has 1 atom stereocenters. The summed E-state index contributed by atoms with van der Waals surface area (Å²) in [6, 6.07) is 2.57. The molecular weight excluding hydrogens is 368 g/mol. The van der Waals surface area contributed by atoms with Crippen LogP contribution >= 0.6 is 12.4 Å². The van der Waals surface area contributed by atoms with Crippen molar-refractivity contribution in [1.29, 1.82) is 0 Å². The van der Waals surface area contributed by atoms with Crippen LogP contribution in [-0.2, 0) is 4.79 Å². The monoisotopic (exact) mass is 396 g/mol. The summed E-state index contributed by atoms with van der Waals surface area (Å²) < 4.78 is 1.93. The first-order valence-corrected chi connectivity index (χ1v) is 9.76. The first-order chi connectivity index (χ1) is 12.7. The largest absolute Gasteiger partial charge is 0.352 e. The molecule has 3 heterocycles. The van der Waals surface area contributed by atoms with E-state index in [2.05, 4.69) is 20.6 Å². The zero-order valence-electron chi connectivity index (χ0n) is 15.6. The van der Waals surface area contributed by atoms with Gasteiger partial charge in [0, 0.05) is 45.0 Å². The van der Waals surface area contributed by atoms with Crippen LogP contribution in [-0.4, -0.2) is 83.2 Å². The number of carbonyl (C=O) groups excluding carboxylic acids is 2. The summed E-state index contributed by atoms with van der Waals surface area (Å²) >= 11 is 0. The fourth-order valence-electron chi connectivity index (χ4n) is 3.69. The Balaban J connectivity index is 0.00000210. The molecule has 1 aromatic heterocycles. The standard InChI is InChI=1S/C18H28N6O2.ClH/c25-17(20-14-3-4-14)13-22-8-10-23(11-9-22)18(26)16-5-7-24(21-16)15-2-1-6-19-12-15;/h5,7,14-15,19H,1-4,6,8-13H2,(H,20,25);1H. The molecule has 1 aliphatic carbocycles. The van der Waals surface area contributed by atoms with Crippen molar-refractivity contribution in [3.8, 4) is 0 Å². The molecule has 2 saturated heterocycles. The van der Waals surface area contributed by atoms with Crippen molar-refractivity contribution in [2.45, 2.75) is 37.8 Å². The Morgan fingerprint density at radius 3 is 2.63 bits per heavy atom. The first-order valence-electron chi connectivity index (χ1n) is 9.76. The molecule has 150 valence electrons. The van der Waals surface area contributed by atoms with Gasteiger partial charge in [0.05, 0.1) is 12.6 Å². The summed E-state index contributed by atoms with van der Waals surface area (Å²) in [6.07, 6.45) is 6.38. The number of rotatable bonds is 5. The van der Waals surface area contributed by atoms with Gasteiger partial charge < -0.3 is 15.5 Å². The molecule has 9 heteroatoms. The van der Waals surface area contributed by atoms with Crippen molar-refractivity contribution in [3.05, 3.63) is 18.0 Å². The normalized spacial score (nSPS) is 23.6. The van der Waals surface area contributed by atoms with Gasteiger partial charge in [-0.1, -0.05) is 0 Å². The van der Waals surface area contributed by atoms with Gasteiger partial charge in [-0.05, 0) is 38.3 Å². The van der Waals surface area contributed by atoms with Crippen molar-refractivity contribution >= 4 is 24.2 Å². The van der Waals surface area contributed by atoms with Gasteiger partial charge in [-0.2, -0.15) is 5.10 Å². The quantitative estimate of drug-likeness (QED) is 0.746. The minimum Gasteiger partial charge on any atom is -0.352 e. The second-order valence-corrected chi connectivity index (χ2v) is 7.59. The highest BCUT2D eigenvalue weighted by atomic mass is 35.5. The predicted octanol–water partition coefficient (Wildman–Crippen LogP) is 0.266. The molecule has 8 nitrogen and oxygen atoms in total. The number of piperazine rings is 1. The maximum atomic E-state index is 12.7. The number of nitrogens with one attached hydrogen (secondary N) is 2. The number of aromatic nitrogens is 2. The van der Waals surface area contributed by atoms with Crippen LogP contribution < -0.4 is 10.6 Å². The van der Waals surface area contributed by atoms with E-state index in [0.29, 0.717) is 37.4 Å². The molecule has 2 aliphatic heterocycles. The Bertz CT molecular complexity index is 648. The number of nitrogens with zero attached hydrogens (tertiary/aromatic N) is 4. The van der Waals surface area contributed by atoms with Gasteiger partial charge in [0.15, 0.2) is 0 Å². The zero-order chi connectivity index (χ0) is 17.9. The van der Waals surface area contributed by atoms with E-state index in [0.717, 1.165) is 51.9 Å². The maximum Gasteiger partial charge on any atom is 0.274 e. The van der Waals surface area contributed by atoms with E-state index in [1.165, 1.54) is 0 Å². The third kappa shape index (κ3) is 5.21. The van der Waals surface area contributed by atoms with E-state index in [1.807, 2.05) is 21.8 Å². The fourth-order valence-corrected chi connectivity index (χ4v) is 3.69. The Kier molecular flexibility index (Phi) is 6.73. The third-order valence-electron chi connectivity index (χ3n) is 5.44. The van der Waals surface area contributed by atoms with Gasteiger partial charge in [-0.15, -0.1) is 12.4 Å². The summed E-state index contributed by atoms with van der Waals surface area (Å²) in [5, 5.41) is 10.9. The van der Waals surface area contributed by atoms with Crippen LogP contribution in [0.15, 0.2) is 12.3 Å². The molecule has 0 aromatic carbocycles. The number of halogens is 1. The Morgan fingerprint density at radius 1 is 1.19 bits per heavy atom. The van der Waals surface area contributed by atoms with Gasteiger partial charge in [-0.25, -0.2) is 0 Å². The Hall–Kier alpha value is -1.64. The molecule has 1 aromatic rings. The summed E-state index contributed by atoms with van der Waals surface area (Å²) in [5.41, 5.74) is 0.524. The molecule has 0 radical (unpaired) electrons. The van der Waals surface area contributed by atoms with Crippen molar-refractivity contribution in [1.82, 2.24) is 30.2 Å². The lowest BCUT2D eigenvalue weighted by atomic mass is 10.1. The van der Waals surface area contributed by atoms with Crippen LogP contribution in [0.1, 0.15) is 42.2 Å². The minimum absolute atomic E-state index is 0. The molecule has 0 bridgehead atoms. The lowest BCUT2D eigenvalue weighted by Gasteiger charge is -2.34. The van der Waals surface area contributed by atoms with Crippen LogP contribution in [0.25, 0.3) is 0 Å².